The SMILES string of the molecule is N#Cc1ccc(NC(=O)c2noc3ccc(NC(=O)Cc4ccccc4)cc23)c(-c2noc(=O)[nH]2)c1. The van der Waals surface area contributed by atoms with Crippen LogP contribution in [0, 0.1) is 11.3 Å². The van der Waals surface area contributed by atoms with E-state index in [9.17, 15) is 19.6 Å². The second-order valence-corrected chi connectivity index (χ2v) is 7.72. The summed E-state index contributed by atoms with van der Waals surface area (Å²) in [4.78, 5) is 39.4. The monoisotopic (exact) mass is 480 g/mol. The molecule has 2 aromatic heterocycles. The summed E-state index contributed by atoms with van der Waals surface area (Å²) in [5, 5.41) is 22.6. The fourth-order valence-electron chi connectivity index (χ4n) is 3.61. The number of carbonyl (C=O) groups is 2. The van der Waals surface area contributed by atoms with Crippen molar-refractivity contribution in [1.82, 2.24) is 15.3 Å². The molecule has 2 amide bonds. The Hall–Kier alpha value is -5.50. The van der Waals surface area contributed by atoms with Crippen LogP contribution >= 0.6 is 0 Å². The summed E-state index contributed by atoms with van der Waals surface area (Å²) in [5.74, 6) is -1.57. The molecule has 0 aliphatic carbocycles. The number of amides is 2. The van der Waals surface area contributed by atoms with Crippen molar-refractivity contribution >= 4 is 34.2 Å². The first kappa shape index (κ1) is 22.3. The van der Waals surface area contributed by atoms with E-state index in [4.69, 9.17) is 4.52 Å². The quantitative estimate of drug-likeness (QED) is 0.332. The predicted molar refractivity (Wildman–Crippen MR) is 128 cm³/mol. The van der Waals surface area contributed by atoms with Crippen LogP contribution in [0.3, 0.4) is 0 Å². The van der Waals surface area contributed by atoms with Crippen LogP contribution in [0.2, 0.25) is 0 Å². The Morgan fingerprint density at radius 2 is 1.81 bits per heavy atom. The lowest BCUT2D eigenvalue weighted by Crippen LogP contribution is -2.15. The lowest BCUT2D eigenvalue weighted by Gasteiger charge is -2.09. The van der Waals surface area contributed by atoms with Gasteiger partial charge in [0.1, 0.15) is 0 Å². The number of carbonyl (C=O) groups excluding carboxylic acids is 2. The van der Waals surface area contributed by atoms with Crippen LogP contribution < -0.4 is 16.4 Å². The van der Waals surface area contributed by atoms with Crippen LogP contribution in [-0.2, 0) is 11.2 Å². The third-order valence-electron chi connectivity index (χ3n) is 5.27. The zero-order chi connectivity index (χ0) is 25.1. The molecule has 2 heterocycles. The van der Waals surface area contributed by atoms with Crippen LogP contribution in [0.25, 0.3) is 22.4 Å². The average molecular weight is 480 g/mol. The van der Waals surface area contributed by atoms with Crippen molar-refractivity contribution in [2.24, 2.45) is 0 Å². The average Bonchev–Trinajstić information content (AvgIpc) is 3.51. The molecule has 0 radical (unpaired) electrons. The highest BCUT2D eigenvalue weighted by Crippen LogP contribution is 2.28. The van der Waals surface area contributed by atoms with Gasteiger partial charge in [-0.2, -0.15) is 5.26 Å². The Labute approximate surface area is 202 Å². The minimum atomic E-state index is -0.783. The van der Waals surface area contributed by atoms with E-state index >= 15 is 0 Å². The van der Waals surface area contributed by atoms with Gasteiger partial charge in [0.15, 0.2) is 17.1 Å². The Balaban J connectivity index is 1.40. The summed E-state index contributed by atoms with van der Waals surface area (Å²) >= 11 is 0. The second-order valence-electron chi connectivity index (χ2n) is 7.72. The summed E-state index contributed by atoms with van der Waals surface area (Å²) in [6, 6.07) is 20.6. The molecule has 176 valence electrons. The first-order valence-corrected chi connectivity index (χ1v) is 10.7. The number of aromatic nitrogens is 3. The van der Waals surface area contributed by atoms with Crippen molar-refractivity contribution in [2.45, 2.75) is 6.42 Å². The van der Waals surface area contributed by atoms with E-state index in [0.717, 1.165) is 5.56 Å². The number of nitriles is 1. The lowest BCUT2D eigenvalue weighted by atomic mass is 10.1. The van der Waals surface area contributed by atoms with Gasteiger partial charge in [-0.25, -0.2) is 4.79 Å². The molecule has 0 bridgehead atoms. The van der Waals surface area contributed by atoms with E-state index in [1.54, 1.807) is 18.2 Å². The van der Waals surface area contributed by atoms with Gasteiger partial charge in [0.2, 0.25) is 5.91 Å². The van der Waals surface area contributed by atoms with Crippen molar-refractivity contribution in [3.8, 4) is 17.5 Å². The summed E-state index contributed by atoms with van der Waals surface area (Å²) in [6.45, 7) is 0. The molecule has 0 aliphatic heterocycles. The molecular formula is C25H16N6O5. The number of nitrogens with one attached hydrogen (secondary N) is 3. The lowest BCUT2D eigenvalue weighted by molar-refractivity contribution is -0.115. The molecule has 5 rings (SSSR count). The smallest absolute Gasteiger partial charge is 0.355 e. The van der Waals surface area contributed by atoms with E-state index in [0.29, 0.717) is 16.7 Å². The summed E-state index contributed by atoms with van der Waals surface area (Å²) in [5.41, 5.74) is 2.49. The van der Waals surface area contributed by atoms with Crippen molar-refractivity contribution in [2.75, 3.05) is 10.6 Å². The Bertz CT molecular complexity index is 1690. The normalized spacial score (nSPS) is 10.6. The first-order chi connectivity index (χ1) is 17.5. The highest BCUT2D eigenvalue weighted by Gasteiger charge is 2.20. The maximum Gasteiger partial charge on any atom is 0.439 e. The highest BCUT2D eigenvalue weighted by molar-refractivity contribution is 6.12. The van der Waals surface area contributed by atoms with Crippen molar-refractivity contribution in [1.29, 1.82) is 5.26 Å². The topological polar surface area (TPSA) is 167 Å². The number of benzene rings is 3. The van der Waals surface area contributed by atoms with Gasteiger partial charge in [0, 0.05) is 11.3 Å². The van der Waals surface area contributed by atoms with Crippen LogP contribution in [0.1, 0.15) is 21.6 Å². The first-order valence-electron chi connectivity index (χ1n) is 10.7. The Morgan fingerprint density at radius 1 is 0.972 bits per heavy atom. The second kappa shape index (κ2) is 9.40. The van der Waals surface area contributed by atoms with Crippen LogP contribution in [0.5, 0.6) is 0 Å². The number of nitrogens with zero attached hydrogens (tertiary/aromatic N) is 3. The molecule has 0 atom stereocenters. The van der Waals surface area contributed by atoms with Gasteiger partial charge in [0.05, 0.1) is 29.1 Å². The fourth-order valence-corrected chi connectivity index (χ4v) is 3.61. The molecule has 0 saturated carbocycles. The minimum Gasteiger partial charge on any atom is -0.355 e. The number of hydrogen-bond acceptors (Lipinski definition) is 8. The van der Waals surface area contributed by atoms with Crippen molar-refractivity contribution in [3.05, 3.63) is 94.1 Å². The predicted octanol–water partition coefficient (Wildman–Crippen LogP) is 3.48. The van der Waals surface area contributed by atoms with E-state index < -0.39 is 11.7 Å². The largest absolute Gasteiger partial charge is 0.439 e. The molecule has 0 fully saturated rings. The Kier molecular flexibility index (Phi) is 5.82. The minimum absolute atomic E-state index is 0.0203. The number of aromatic amines is 1. The Morgan fingerprint density at radius 3 is 2.56 bits per heavy atom. The van der Waals surface area contributed by atoms with Crippen molar-refractivity contribution < 1.29 is 18.6 Å². The molecule has 3 aromatic carbocycles. The fraction of sp³-hybridized carbons (Fsp3) is 0.0400. The van der Waals surface area contributed by atoms with Crippen LogP contribution in [-0.4, -0.2) is 27.1 Å². The van der Waals surface area contributed by atoms with E-state index in [1.807, 2.05) is 36.4 Å². The van der Waals surface area contributed by atoms with Gasteiger partial charge in [-0.05, 0) is 42.0 Å². The van der Waals surface area contributed by atoms with E-state index in [1.165, 1.54) is 18.2 Å². The number of H-pyrrole nitrogens is 1. The summed E-state index contributed by atoms with van der Waals surface area (Å²) < 4.78 is 9.82. The number of rotatable bonds is 6. The maximum absolute atomic E-state index is 13.1. The molecule has 11 nitrogen and oxygen atoms in total. The van der Waals surface area contributed by atoms with Gasteiger partial charge in [-0.15, -0.1) is 0 Å². The maximum atomic E-state index is 13.1. The standard InChI is InChI=1S/C25H16N6O5/c26-13-15-6-8-19(17(10-15)23-29-25(34)36-31-23)28-24(33)22-18-12-16(7-9-20(18)35-30-22)27-21(32)11-14-4-2-1-3-5-14/h1-10,12H,11H2,(H,27,32)(H,28,33)(H,29,31,34). The third kappa shape index (κ3) is 4.59. The van der Waals surface area contributed by atoms with Gasteiger partial charge in [0.25, 0.3) is 5.91 Å². The van der Waals surface area contributed by atoms with Gasteiger partial charge in [-0.1, -0.05) is 40.6 Å². The molecule has 0 saturated heterocycles. The zero-order valence-electron chi connectivity index (χ0n) is 18.4. The third-order valence-corrected chi connectivity index (χ3v) is 5.27. The van der Waals surface area contributed by atoms with Gasteiger partial charge >= 0.3 is 5.76 Å². The van der Waals surface area contributed by atoms with Crippen LogP contribution in [0.15, 0.2) is 80.6 Å². The van der Waals surface area contributed by atoms with E-state index in [-0.39, 0.29) is 40.7 Å². The van der Waals surface area contributed by atoms with Crippen molar-refractivity contribution in [3.63, 3.8) is 0 Å². The summed E-state index contributed by atoms with van der Waals surface area (Å²) in [6.07, 6.45) is 0.196. The molecule has 0 unspecified atom stereocenters. The van der Waals surface area contributed by atoms with Gasteiger partial charge < -0.3 is 15.2 Å². The molecule has 0 aliphatic rings. The highest BCUT2D eigenvalue weighted by atomic mass is 16.5. The number of hydrogen-bond donors (Lipinski definition) is 3. The molecule has 0 spiro atoms. The number of fused-ring (bicyclic) bond motifs is 1. The molecule has 11 heteroatoms. The summed E-state index contributed by atoms with van der Waals surface area (Å²) in [7, 11) is 0. The zero-order valence-corrected chi connectivity index (χ0v) is 18.4. The van der Waals surface area contributed by atoms with E-state index in [2.05, 4.69) is 30.5 Å². The molecule has 5 aromatic rings. The van der Waals surface area contributed by atoms with Crippen LogP contribution in [0.4, 0.5) is 11.4 Å². The molecular weight excluding hydrogens is 464 g/mol. The van der Waals surface area contributed by atoms with Gasteiger partial charge in [-0.3, -0.25) is 19.1 Å². The molecule has 3 N–H and O–H groups in total. The number of anilines is 2. The molecule has 36 heavy (non-hydrogen) atoms.